The number of anilines is 1. The molecule has 0 heterocycles. The van der Waals surface area contributed by atoms with Crippen molar-refractivity contribution in [3.05, 3.63) is 63.6 Å². The Kier molecular flexibility index (Phi) is 11.9. The summed E-state index contributed by atoms with van der Waals surface area (Å²) in [6, 6.07) is 12.7. The van der Waals surface area contributed by atoms with Gasteiger partial charge in [-0.1, -0.05) is 54.4 Å². The van der Waals surface area contributed by atoms with Gasteiger partial charge in [-0.2, -0.15) is 0 Å². The second kappa shape index (κ2) is 14.9. The lowest BCUT2D eigenvalue weighted by Crippen LogP contribution is -2.53. The smallest absolute Gasteiger partial charge is 0.407 e. The Labute approximate surface area is 264 Å². The molecule has 2 aromatic carbocycles. The fourth-order valence-electron chi connectivity index (χ4n) is 5.06. The highest BCUT2D eigenvalue weighted by atomic mass is 35.5. The molecule has 1 fully saturated rings. The molecule has 0 spiro atoms. The van der Waals surface area contributed by atoms with Crippen molar-refractivity contribution >= 4 is 52.6 Å². The van der Waals surface area contributed by atoms with Crippen molar-refractivity contribution in [3.63, 3.8) is 0 Å². The van der Waals surface area contributed by atoms with E-state index in [0.717, 1.165) is 23.2 Å². The number of halogens is 2. The van der Waals surface area contributed by atoms with Crippen LogP contribution >= 0.6 is 23.2 Å². The SMILES string of the molecule is CCCN(CCNc1ccccc1CC(C)=O)C(=O)C1(NC(=O)CCNC(=O)OC(C)(C)C)CC1c1ccc(Cl)cc1Cl. The largest absolute Gasteiger partial charge is 0.444 e. The lowest BCUT2D eigenvalue weighted by molar-refractivity contribution is -0.137. The second-order valence-electron chi connectivity index (χ2n) is 11.9. The van der Waals surface area contributed by atoms with Gasteiger partial charge in [-0.3, -0.25) is 14.4 Å². The summed E-state index contributed by atoms with van der Waals surface area (Å²) >= 11 is 12.7. The van der Waals surface area contributed by atoms with Gasteiger partial charge in [-0.15, -0.1) is 0 Å². The summed E-state index contributed by atoms with van der Waals surface area (Å²) < 4.78 is 5.23. The van der Waals surface area contributed by atoms with E-state index >= 15 is 0 Å². The Balaban J connectivity index is 1.75. The van der Waals surface area contributed by atoms with Crippen LogP contribution in [-0.2, 0) is 25.5 Å². The first-order chi connectivity index (χ1) is 20.3. The summed E-state index contributed by atoms with van der Waals surface area (Å²) in [7, 11) is 0. The standard InChI is InChI=1S/C32H42Cl2N4O5/c1-6-16-38(17-15-35-27-10-8-7-9-22(27)18-21(2)39)29(41)32(20-25(32)24-12-11-23(33)19-26(24)34)37-28(40)13-14-36-30(42)43-31(3,4)5/h7-12,19,25,35H,6,13-18,20H2,1-5H3,(H,36,42)(H,37,40). The molecule has 1 aliphatic carbocycles. The number of benzene rings is 2. The van der Waals surface area contributed by atoms with Crippen LogP contribution in [0.15, 0.2) is 42.5 Å². The molecule has 0 aromatic heterocycles. The predicted octanol–water partition coefficient (Wildman–Crippen LogP) is 5.73. The van der Waals surface area contributed by atoms with Gasteiger partial charge in [-0.05, 0) is 69.9 Å². The van der Waals surface area contributed by atoms with Crippen LogP contribution in [0.5, 0.6) is 0 Å². The highest BCUT2D eigenvalue weighted by Gasteiger charge is 2.63. The third-order valence-corrected chi connectivity index (χ3v) is 7.56. The molecule has 3 rings (SSSR count). The van der Waals surface area contributed by atoms with E-state index in [2.05, 4.69) is 16.0 Å². The van der Waals surface area contributed by atoms with E-state index in [9.17, 15) is 19.2 Å². The molecule has 9 nitrogen and oxygen atoms in total. The van der Waals surface area contributed by atoms with E-state index < -0.39 is 17.2 Å². The zero-order chi connectivity index (χ0) is 31.8. The molecule has 0 saturated heterocycles. The summed E-state index contributed by atoms with van der Waals surface area (Å²) in [5.41, 5.74) is 0.641. The number of nitrogens with zero attached hydrogens (tertiary/aromatic N) is 1. The number of nitrogens with one attached hydrogen (secondary N) is 3. The molecule has 234 valence electrons. The summed E-state index contributed by atoms with van der Waals surface area (Å²) in [4.78, 5) is 52.8. The molecule has 0 radical (unpaired) electrons. The van der Waals surface area contributed by atoms with E-state index in [4.69, 9.17) is 27.9 Å². The molecule has 0 bridgehead atoms. The van der Waals surface area contributed by atoms with Crippen LogP contribution in [-0.4, -0.2) is 65.9 Å². The molecule has 2 aromatic rings. The van der Waals surface area contributed by atoms with E-state index in [1.807, 2.05) is 31.2 Å². The zero-order valence-corrected chi connectivity index (χ0v) is 27.0. The second-order valence-corrected chi connectivity index (χ2v) is 12.7. The lowest BCUT2D eigenvalue weighted by Gasteiger charge is -2.29. The van der Waals surface area contributed by atoms with Crippen molar-refractivity contribution in [1.82, 2.24) is 15.5 Å². The Morgan fingerprint density at radius 1 is 1.05 bits per heavy atom. The number of carbonyl (C=O) groups is 4. The fraction of sp³-hybridized carbons (Fsp3) is 0.500. The fourth-order valence-corrected chi connectivity index (χ4v) is 5.60. The minimum absolute atomic E-state index is 0.0301. The highest BCUT2D eigenvalue weighted by molar-refractivity contribution is 6.35. The van der Waals surface area contributed by atoms with E-state index in [-0.39, 0.29) is 36.5 Å². The van der Waals surface area contributed by atoms with Gasteiger partial charge in [0.2, 0.25) is 11.8 Å². The Bertz CT molecular complexity index is 1330. The molecule has 1 aliphatic rings. The molecule has 2 atom stereocenters. The van der Waals surface area contributed by atoms with E-state index in [0.29, 0.717) is 42.5 Å². The first-order valence-corrected chi connectivity index (χ1v) is 15.3. The number of ether oxygens (including phenoxy) is 1. The van der Waals surface area contributed by atoms with Crippen LogP contribution in [0.25, 0.3) is 0 Å². The van der Waals surface area contributed by atoms with Crippen LogP contribution in [0, 0.1) is 0 Å². The Morgan fingerprint density at radius 2 is 1.77 bits per heavy atom. The third-order valence-electron chi connectivity index (χ3n) is 7.00. The molecule has 11 heteroatoms. The highest BCUT2D eigenvalue weighted by Crippen LogP contribution is 2.54. The number of para-hydroxylation sites is 1. The monoisotopic (exact) mass is 632 g/mol. The van der Waals surface area contributed by atoms with Crippen molar-refractivity contribution in [3.8, 4) is 0 Å². The Hall–Kier alpha value is -3.30. The number of alkyl carbamates (subject to hydrolysis) is 1. The van der Waals surface area contributed by atoms with Gasteiger partial charge >= 0.3 is 6.09 Å². The maximum Gasteiger partial charge on any atom is 0.407 e. The molecule has 3 N–H and O–H groups in total. The Morgan fingerprint density at radius 3 is 2.42 bits per heavy atom. The molecule has 3 amide bonds. The number of ketones is 1. The van der Waals surface area contributed by atoms with Gasteiger partial charge in [0.05, 0.1) is 0 Å². The zero-order valence-electron chi connectivity index (χ0n) is 25.5. The van der Waals surface area contributed by atoms with Crippen molar-refractivity contribution in [2.75, 3.05) is 31.5 Å². The number of hydrogen-bond donors (Lipinski definition) is 3. The summed E-state index contributed by atoms with van der Waals surface area (Å²) in [5.74, 6) is -0.838. The van der Waals surface area contributed by atoms with Crippen molar-refractivity contribution in [2.24, 2.45) is 0 Å². The number of amides is 3. The van der Waals surface area contributed by atoms with Crippen molar-refractivity contribution < 1.29 is 23.9 Å². The molecule has 43 heavy (non-hydrogen) atoms. The number of carbonyl (C=O) groups excluding carboxylic acids is 4. The predicted molar refractivity (Wildman–Crippen MR) is 170 cm³/mol. The molecule has 0 aliphatic heterocycles. The molecule has 2 unspecified atom stereocenters. The van der Waals surface area contributed by atoms with Gasteiger partial charge in [0.25, 0.3) is 0 Å². The van der Waals surface area contributed by atoms with Gasteiger partial charge in [0, 0.05) is 60.7 Å². The normalized spacial score (nSPS) is 17.5. The van der Waals surface area contributed by atoms with Crippen LogP contribution in [0.2, 0.25) is 10.0 Å². The maximum absolute atomic E-state index is 14.2. The van der Waals surface area contributed by atoms with Gasteiger partial charge in [-0.25, -0.2) is 4.79 Å². The van der Waals surface area contributed by atoms with Gasteiger partial charge in [0.1, 0.15) is 16.9 Å². The van der Waals surface area contributed by atoms with Crippen LogP contribution in [0.1, 0.15) is 70.9 Å². The summed E-state index contributed by atoms with van der Waals surface area (Å²) in [6.45, 7) is 10.2. The van der Waals surface area contributed by atoms with E-state index in [1.54, 1.807) is 50.8 Å². The van der Waals surface area contributed by atoms with Crippen molar-refractivity contribution in [1.29, 1.82) is 0 Å². The number of hydrogen-bond acceptors (Lipinski definition) is 6. The first kappa shape index (κ1) is 34.2. The maximum atomic E-state index is 14.2. The molecular weight excluding hydrogens is 591 g/mol. The van der Waals surface area contributed by atoms with E-state index in [1.165, 1.54) is 0 Å². The quantitative estimate of drug-likeness (QED) is 0.245. The van der Waals surface area contributed by atoms with Crippen LogP contribution < -0.4 is 16.0 Å². The third kappa shape index (κ3) is 9.86. The molecular formula is C32H42Cl2N4O5. The summed E-state index contributed by atoms with van der Waals surface area (Å²) in [6.07, 6.45) is 0.783. The first-order valence-electron chi connectivity index (χ1n) is 14.6. The average Bonchev–Trinajstić information content (AvgIpc) is 3.61. The van der Waals surface area contributed by atoms with Gasteiger partial charge < -0.3 is 25.6 Å². The van der Waals surface area contributed by atoms with Crippen LogP contribution in [0.3, 0.4) is 0 Å². The molecule has 1 saturated carbocycles. The minimum atomic E-state index is -1.18. The topological polar surface area (TPSA) is 117 Å². The average molecular weight is 634 g/mol. The summed E-state index contributed by atoms with van der Waals surface area (Å²) in [5, 5.41) is 9.84. The van der Waals surface area contributed by atoms with Gasteiger partial charge in [0.15, 0.2) is 0 Å². The lowest BCUT2D eigenvalue weighted by atomic mass is 10.0. The van der Waals surface area contributed by atoms with Crippen molar-refractivity contribution in [2.45, 2.75) is 77.4 Å². The van der Waals surface area contributed by atoms with Crippen LogP contribution in [0.4, 0.5) is 10.5 Å². The number of Topliss-reactive ketones (excluding diaryl/α,β-unsaturated/α-hetero) is 1. The minimum Gasteiger partial charge on any atom is -0.444 e. The number of rotatable bonds is 14.